The predicted molar refractivity (Wildman–Crippen MR) is 65.8 cm³/mol. The molecule has 2 rings (SSSR count). The first-order valence-corrected chi connectivity index (χ1v) is 5.87. The Labute approximate surface area is 105 Å². The molecule has 0 spiro atoms. The normalized spacial score (nSPS) is 15.6. The molecular weight excluding hydrogens is 231 g/mol. The number of nitriles is 1. The van der Waals surface area contributed by atoms with Crippen LogP contribution in [0, 0.1) is 17.1 Å². The van der Waals surface area contributed by atoms with E-state index in [0.29, 0.717) is 18.7 Å². The van der Waals surface area contributed by atoms with Crippen LogP contribution in [0.25, 0.3) is 6.08 Å². The minimum Gasteiger partial charge on any atom is -0.338 e. The summed E-state index contributed by atoms with van der Waals surface area (Å²) in [6, 6.07) is 7.74. The van der Waals surface area contributed by atoms with Crippen molar-refractivity contribution in [3.8, 4) is 6.07 Å². The third-order valence-electron chi connectivity index (χ3n) is 2.90. The Morgan fingerprint density at radius 1 is 1.39 bits per heavy atom. The van der Waals surface area contributed by atoms with E-state index in [1.807, 2.05) is 6.07 Å². The molecule has 1 saturated heterocycles. The summed E-state index contributed by atoms with van der Waals surface area (Å²) in [7, 11) is 0. The molecule has 0 radical (unpaired) electrons. The van der Waals surface area contributed by atoms with Crippen molar-refractivity contribution in [3.63, 3.8) is 0 Å². The summed E-state index contributed by atoms with van der Waals surface area (Å²) in [5.74, 6) is -0.645. The van der Waals surface area contributed by atoms with Crippen LogP contribution in [0.4, 0.5) is 4.39 Å². The SMILES string of the molecule is N#C/C(=C\c1cccc(F)c1)C(=O)N1CCCC1. The number of carbonyl (C=O) groups excluding carboxylic acids is 1. The van der Waals surface area contributed by atoms with Crippen LogP contribution in [0.5, 0.6) is 0 Å². The minimum absolute atomic E-state index is 0.0579. The van der Waals surface area contributed by atoms with E-state index < -0.39 is 0 Å². The van der Waals surface area contributed by atoms with Crippen LogP contribution < -0.4 is 0 Å². The molecule has 3 nitrogen and oxygen atoms in total. The average molecular weight is 244 g/mol. The lowest BCUT2D eigenvalue weighted by Crippen LogP contribution is -2.28. The quantitative estimate of drug-likeness (QED) is 0.592. The Hall–Kier alpha value is -2.15. The lowest BCUT2D eigenvalue weighted by Gasteiger charge is -2.13. The van der Waals surface area contributed by atoms with Gasteiger partial charge in [0.05, 0.1) is 0 Å². The van der Waals surface area contributed by atoms with E-state index in [2.05, 4.69) is 0 Å². The maximum atomic E-state index is 13.0. The fourth-order valence-corrected chi connectivity index (χ4v) is 2.00. The number of nitrogens with zero attached hydrogens (tertiary/aromatic N) is 2. The summed E-state index contributed by atoms with van der Waals surface area (Å²) in [6.45, 7) is 1.39. The van der Waals surface area contributed by atoms with Gasteiger partial charge in [0.15, 0.2) is 0 Å². The van der Waals surface area contributed by atoms with Crippen molar-refractivity contribution in [2.45, 2.75) is 12.8 Å². The van der Waals surface area contributed by atoms with Crippen LogP contribution in [0.2, 0.25) is 0 Å². The standard InChI is InChI=1S/C14H13FN2O/c15-13-5-3-4-11(9-13)8-12(10-16)14(18)17-6-1-2-7-17/h3-5,8-9H,1-2,6-7H2/b12-8+. The Morgan fingerprint density at radius 3 is 2.72 bits per heavy atom. The second-order valence-electron chi connectivity index (χ2n) is 4.22. The number of hydrogen-bond donors (Lipinski definition) is 0. The van der Waals surface area contributed by atoms with Crippen LogP contribution in [0.15, 0.2) is 29.8 Å². The molecule has 0 unspecified atom stereocenters. The Morgan fingerprint density at radius 2 is 2.11 bits per heavy atom. The van der Waals surface area contributed by atoms with Crippen molar-refractivity contribution in [1.29, 1.82) is 5.26 Å². The summed E-state index contributed by atoms with van der Waals surface area (Å²) in [5, 5.41) is 9.03. The Kier molecular flexibility index (Phi) is 3.73. The summed E-state index contributed by atoms with van der Waals surface area (Å²) < 4.78 is 13.0. The molecule has 0 bridgehead atoms. The first kappa shape index (κ1) is 12.3. The monoisotopic (exact) mass is 244 g/mol. The number of amides is 1. The largest absolute Gasteiger partial charge is 0.338 e. The molecule has 0 aliphatic carbocycles. The van der Waals surface area contributed by atoms with Gasteiger partial charge in [-0.1, -0.05) is 12.1 Å². The molecule has 1 aromatic carbocycles. The third kappa shape index (κ3) is 2.75. The number of likely N-dealkylation sites (tertiary alicyclic amines) is 1. The summed E-state index contributed by atoms with van der Waals surface area (Å²) in [4.78, 5) is 13.7. The lowest BCUT2D eigenvalue weighted by atomic mass is 10.1. The van der Waals surface area contributed by atoms with Crippen LogP contribution in [0.1, 0.15) is 18.4 Å². The molecule has 0 N–H and O–H groups in total. The highest BCUT2D eigenvalue weighted by Gasteiger charge is 2.21. The molecule has 0 aromatic heterocycles. The molecule has 92 valence electrons. The maximum absolute atomic E-state index is 13.0. The summed E-state index contributed by atoms with van der Waals surface area (Å²) >= 11 is 0. The van der Waals surface area contributed by atoms with Crippen molar-refractivity contribution in [2.24, 2.45) is 0 Å². The van der Waals surface area contributed by atoms with E-state index >= 15 is 0 Å². The molecule has 1 aliphatic heterocycles. The number of rotatable bonds is 2. The van der Waals surface area contributed by atoms with E-state index in [1.165, 1.54) is 18.2 Å². The zero-order valence-electron chi connectivity index (χ0n) is 9.90. The second-order valence-corrected chi connectivity index (χ2v) is 4.22. The summed E-state index contributed by atoms with van der Waals surface area (Å²) in [6.07, 6.45) is 3.39. The van der Waals surface area contributed by atoms with Gasteiger partial charge in [-0.3, -0.25) is 4.79 Å². The second kappa shape index (κ2) is 5.46. The van der Waals surface area contributed by atoms with Crippen LogP contribution in [-0.2, 0) is 4.79 Å². The van der Waals surface area contributed by atoms with Gasteiger partial charge in [0.2, 0.25) is 0 Å². The maximum Gasteiger partial charge on any atom is 0.264 e. The first-order valence-electron chi connectivity index (χ1n) is 5.87. The Bertz CT molecular complexity index is 525. The number of hydrogen-bond acceptors (Lipinski definition) is 2. The van der Waals surface area contributed by atoms with Crippen molar-refractivity contribution < 1.29 is 9.18 Å². The summed E-state index contributed by atoms with van der Waals surface area (Å²) in [5.41, 5.74) is 0.585. The fourth-order valence-electron chi connectivity index (χ4n) is 2.00. The molecule has 1 fully saturated rings. The topological polar surface area (TPSA) is 44.1 Å². The number of halogens is 1. The van der Waals surface area contributed by atoms with Gasteiger partial charge in [0.1, 0.15) is 17.5 Å². The lowest BCUT2D eigenvalue weighted by molar-refractivity contribution is -0.125. The fraction of sp³-hybridized carbons (Fsp3) is 0.286. The molecule has 1 aromatic rings. The van der Waals surface area contributed by atoms with Crippen LogP contribution in [0.3, 0.4) is 0 Å². The minimum atomic E-state index is -0.380. The molecule has 1 amide bonds. The van der Waals surface area contributed by atoms with Gasteiger partial charge >= 0.3 is 0 Å². The van der Waals surface area contributed by atoms with Gasteiger partial charge in [-0.05, 0) is 36.6 Å². The van der Waals surface area contributed by atoms with E-state index in [1.54, 1.807) is 17.0 Å². The van der Waals surface area contributed by atoms with E-state index in [0.717, 1.165) is 12.8 Å². The molecule has 18 heavy (non-hydrogen) atoms. The van der Waals surface area contributed by atoms with Crippen molar-refractivity contribution in [3.05, 3.63) is 41.2 Å². The van der Waals surface area contributed by atoms with E-state index in [-0.39, 0.29) is 17.3 Å². The number of carbonyl (C=O) groups is 1. The van der Waals surface area contributed by atoms with Gasteiger partial charge in [-0.25, -0.2) is 4.39 Å². The molecule has 0 atom stereocenters. The highest BCUT2D eigenvalue weighted by molar-refractivity contribution is 6.01. The van der Waals surface area contributed by atoms with Crippen molar-refractivity contribution in [2.75, 3.05) is 13.1 Å². The highest BCUT2D eigenvalue weighted by Crippen LogP contribution is 2.14. The van der Waals surface area contributed by atoms with Gasteiger partial charge in [-0.15, -0.1) is 0 Å². The van der Waals surface area contributed by atoms with E-state index in [9.17, 15) is 9.18 Å². The van der Waals surface area contributed by atoms with Gasteiger partial charge in [0.25, 0.3) is 5.91 Å². The molecule has 0 saturated carbocycles. The van der Waals surface area contributed by atoms with Crippen LogP contribution >= 0.6 is 0 Å². The van der Waals surface area contributed by atoms with E-state index in [4.69, 9.17) is 5.26 Å². The Balaban J connectivity index is 2.23. The zero-order chi connectivity index (χ0) is 13.0. The van der Waals surface area contributed by atoms with Crippen molar-refractivity contribution in [1.82, 2.24) is 4.90 Å². The van der Waals surface area contributed by atoms with Crippen molar-refractivity contribution >= 4 is 12.0 Å². The first-order chi connectivity index (χ1) is 8.70. The van der Waals surface area contributed by atoms with Gasteiger partial charge in [-0.2, -0.15) is 5.26 Å². The molecular formula is C14H13FN2O. The zero-order valence-corrected chi connectivity index (χ0v) is 9.90. The molecule has 1 heterocycles. The molecule has 4 heteroatoms. The smallest absolute Gasteiger partial charge is 0.264 e. The average Bonchev–Trinajstić information content (AvgIpc) is 2.89. The highest BCUT2D eigenvalue weighted by atomic mass is 19.1. The van der Waals surface area contributed by atoms with Gasteiger partial charge < -0.3 is 4.90 Å². The van der Waals surface area contributed by atoms with Gasteiger partial charge in [0, 0.05) is 13.1 Å². The molecule has 1 aliphatic rings. The predicted octanol–water partition coefficient (Wildman–Crippen LogP) is 2.36. The number of benzene rings is 1. The third-order valence-corrected chi connectivity index (χ3v) is 2.90. The van der Waals surface area contributed by atoms with Crippen LogP contribution in [-0.4, -0.2) is 23.9 Å².